The highest BCUT2D eigenvalue weighted by atomic mass is 32.2. The van der Waals surface area contributed by atoms with E-state index in [1.54, 1.807) is 12.1 Å². The van der Waals surface area contributed by atoms with Crippen molar-refractivity contribution in [1.82, 2.24) is 0 Å². The van der Waals surface area contributed by atoms with Gasteiger partial charge >= 0.3 is 0 Å². The van der Waals surface area contributed by atoms with Crippen molar-refractivity contribution < 1.29 is 17.7 Å². The molecule has 0 fully saturated rings. The number of aliphatic hydroxyl groups excluding tert-OH is 1. The Morgan fingerprint density at radius 1 is 1.21 bits per heavy atom. The Morgan fingerprint density at radius 3 is 2.32 bits per heavy atom. The van der Waals surface area contributed by atoms with E-state index in [4.69, 9.17) is 4.18 Å². The van der Waals surface area contributed by atoms with Crippen molar-refractivity contribution in [3.05, 3.63) is 29.8 Å². The maximum Gasteiger partial charge on any atom is 0.296 e. The molecule has 0 saturated carbocycles. The van der Waals surface area contributed by atoms with Gasteiger partial charge in [0.05, 0.1) is 17.6 Å². The average Bonchev–Trinajstić information content (AvgIpc) is 2.28. The molecule has 1 aromatic carbocycles. The third-order valence-corrected chi connectivity index (χ3v) is 4.07. The second kappa shape index (κ2) is 7.03. The fourth-order valence-corrected chi connectivity index (χ4v) is 2.65. The lowest BCUT2D eigenvalue weighted by Crippen LogP contribution is -2.15. The predicted octanol–water partition coefficient (Wildman–Crippen LogP) is 2.50. The Kier molecular flexibility index (Phi) is 5.97. The highest BCUT2D eigenvalue weighted by molar-refractivity contribution is 7.86. The van der Waals surface area contributed by atoms with Crippen LogP contribution in [0.2, 0.25) is 0 Å². The lowest BCUT2D eigenvalue weighted by atomic mass is 10.0. The molecule has 0 aliphatic heterocycles. The van der Waals surface area contributed by atoms with E-state index in [1.165, 1.54) is 12.1 Å². The van der Waals surface area contributed by atoms with Crippen LogP contribution in [-0.4, -0.2) is 26.2 Å². The van der Waals surface area contributed by atoms with Gasteiger partial charge in [-0.1, -0.05) is 31.5 Å². The number of hydrogen-bond donors (Lipinski definition) is 1. The SMILES string of the molecule is Cc1ccc(S(=O)(=O)OCC[C@@H](O)CC(C)C)cc1. The van der Waals surface area contributed by atoms with Crippen LogP contribution in [0, 0.1) is 12.8 Å². The van der Waals surface area contributed by atoms with Gasteiger partial charge in [-0.2, -0.15) is 8.42 Å². The Labute approximate surface area is 115 Å². The number of rotatable bonds is 7. The van der Waals surface area contributed by atoms with Crippen LogP contribution in [-0.2, 0) is 14.3 Å². The summed E-state index contributed by atoms with van der Waals surface area (Å²) in [5, 5.41) is 9.65. The largest absolute Gasteiger partial charge is 0.393 e. The van der Waals surface area contributed by atoms with E-state index in [1.807, 2.05) is 20.8 Å². The Balaban J connectivity index is 2.50. The van der Waals surface area contributed by atoms with Crippen molar-refractivity contribution in [2.24, 2.45) is 5.92 Å². The molecule has 0 aliphatic carbocycles. The van der Waals surface area contributed by atoms with Gasteiger partial charge in [0.2, 0.25) is 0 Å². The summed E-state index contributed by atoms with van der Waals surface area (Å²) >= 11 is 0. The summed E-state index contributed by atoms with van der Waals surface area (Å²) in [6.45, 7) is 5.91. The number of hydrogen-bond acceptors (Lipinski definition) is 4. The average molecular weight is 286 g/mol. The zero-order valence-electron chi connectivity index (χ0n) is 11.7. The predicted molar refractivity (Wildman–Crippen MR) is 74.4 cm³/mol. The third kappa shape index (κ3) is 5.72. The molecule has 0 bridgehead atoms. The van der Waals surface area contributed by atoms with Crippen LogP contribution in [0.1, 0.15) is 32.3 Å². The van der Waals surface area contributed by atoms with E-state index in [-0.39, 0.29) is 11.5 Å². The second-order valence-electron chi connectivity index (χ2n) is 5.16. The lowest BCUT2D eigenvalue weighted by molar-refractivity contribution is 0.120. The van der Waals surface area contributed by atoms with E-state index in [0.29, 0.717) is 18.8 Å². The minimum Gasteiger partial charge on any atom is -0.393 e. The second-order valence-corrected chi connectivity index (χ2v) is 6.78. The molecule has 1 atom stereocenters. The lowest BCUT2D eigenvalue weighted by Gasteiger charge is -2.12. The number of aryl methyl sites for hydroxylation is 1. The Bertz CT molecular complexity index is 477. The molecule has 5 heteroatoms. The zero-order chi connectivity index (χ0) is 14.5. The molecule has 0 spiro atoms. The summed E-state index contributed by atoms with van der Waals surface area (Å²) in [5.74, 6) is 0.378. The van der Waals surface area contributed by atoms with Gasteiger partial charge in [0.15, 0.2) is 0 Å². The van der Waals surface area contributed by atoms with Crippen LogP contribution < -0.4 is 0 Å². The summed E-state index contributed by atoms with van der Waals surface area (Å²) in [6, 6.07) is 6.50. The van der Waals surface area contributed by atoms with Crippen LogP contribution >= 0.6 is 0 Å². The molecule has 19 heavy (non-hydrogen) atoms. The van der Waals surface area contributed by atoms with E-state index >= 15 is 0 Å². The molecule has 0 radical (unpaired) electrons. The monoisotopic (exact) mass is 286 g/mol. The maximum atomic E-state index is 11.8. The minimum absolute atomic E-state index is 0.00406. The molecule has 1 aromatic rings. The van der Waals surface area contributed by atoms with Crippen LogP contribution in [0.25, 0.3) is 0 Å². The molecule has 4 nitrogen and oxygen atoms in total. The van der Waals surface area contributed by atoms with Crippen molar-refractivity contribution in [3.63, 3.8) is 0 Å². The quantitative estimate of drug-likeness (QED) is 0.782. The third-order valence-electron chi connectivity index (χ3n) is 2.74. The molecule has 0 aromatic heterocycles. The fraction of sp³-hybridized carbons (Fsp3) is 0.571. The summed E-state index contributed by atoms with van der Waals surface area (Å²) < 4.78 is 28.6. The van der Waals surface area contributed by atoms with Crippen LogP contribution in [0.5, 0.6) is 0 Å². The molecular weight excluding hydrogens is 264 g/mol. The van der Waals surface area contributed by atoms with E-state index in [9.17, 15) is 13.5 Å². The number of benzene rings is 1. The van der Waals surface area contributed by atoms with Gasteiger partial charge < -0.3 is 5.11 Å². The maximum absolute atomic E-state index is 11.8. The fourth-order valence-electron chi connectivity index (χ4n) is 1.73. The molecule has 0 aliphatic rings. The summed E-state index contributed by atoms with van der Waals surface area (Å²) in [5.41, 5.74) is 0.992. The Morgan fingerprint density at radius 2 is 1.79 bits per heavy atom. The minimum atomic E-state index is -3.71. The number of aliphatic hydroxyl groups is 1. The molecular formula is C14H22O4S. The first kappa shape index (κ1) is 16.1. The molecule has 0 heterocycles. The normalized spacial score (nSPS) is 13.7. The summed E-state index contributed by atoms with van der Waals surface area (Å²) in [6.07, 6.45) is 0.449. The van der Waals surface area contributed by atoms with Gasteiger partial charge in [-0.05, 0) is 37.8 Å². The van der Waals surface area contributed by atoms with Crippen molar-refractivity contribution in [2.75, 3.05) is 6.61 Å². The molecule has 1 N–H and O–H groups in total. The molecule has 0 unspecified atom stereocenters. The van der Waals surface area contributed by atoms with Crippen LogP contribution in [0.3, 0.4) is 0 Å². The van der Waals surface area contributed by atoms with Crippen molar-refractivity contribution in [1.29, 1.82) is 0 Å². The van der Waals surface area contributed by atoms with E-state index in [2.05, 4.69) is 0 Å². The highest BCUT2D eigenvalue weighted by Crippen LogP contribution is 2.14. The van der Waals surface area contributed by atoms with Crippen LogP contribution in [0.4, 0.5) is 0 Å². The van der Waals surface area contributed by atoms with Crippen molar-refractivity contribution in [3.8, 4) is 0 Å². The van der Waals surface area contributed by atoms with Gasteiger partial charge in [0.25, 0.3) is 10.1 Å². The van der Waals surface area contributed by atoms with Crippen molar-refractivity contribution in [2.45, 2.75) is 44.6 Å². The topological polar surface area (TPSA) is 63.6 Å². The first-order chi connectivity index (χ1) is 8.81. The standard InChI is InChI=1S/C14H22O4S/c1-11(2)10-13(15)8-9-18-19(16,17)14-6-4-12(3)5-7-14/h4-7,11,13,15H,8-10H2,1-3H3/t13-/m1/s1. The van der Waals surface area contributed by atoms with Gasteiger partial charge in [0, 0.05) is 0 Å². The first-order valence-corrected chi connectivity index (χ1v) is 7.86. The molecule has 0 amide bonds. The summed E-state index contributed by atoms with van der Waals surface area (Å²) in [4.78, 5) is 0.149. The first-order valence-electron chi connectivity index (χ1n) is 6.45. The molecule has 0 saturated heterocycles. The summed E-state index contributed by atoms with van der Waals surface area (Å²) in [7, 11) is -3.71. The van der Waals surface area contributed by atoms with E-state index < -0.39 is 16.2 Å². The molecule has 1 rings (SSSR count). The van der Waals surface area contributed by atoms with Gasteiger partial charge in [-0.25, -0.2) is 0 Å². The molecule has 108 valence electrons. The zero-order valence-corrected chi connectivity index (χ0v) is 12.5. The van der Waals surface area contributed by atoms with Crippen LogP contribution in [0.15, 0.2) is 29.2 Å². The Hall–Kier alpha value is -0.910. The van der Waals surface area contributed by atoms with Gasteiger partial charge in [-0.15, -0.1) is 0 Å². The highest BCUT2D eigenvalue weighted by Gasteiger charge is 2.16. The van der Waals surface area contributed by atoms with Gasteiger partial charge in [-0.3, -0.25) is 4.18 Å². The van der Waals surface area contributed by atoms with Crippen molar-refractivity contribution >= 4 is 10.1 Å². The smallest absolute Gasteiger partial charge is 0.296 e. The van der Waals surface area contributed by atoms with E-state index in [0.717, 1.165) is 5.56 Å². The van der Waals surface area contributed by atoms with Gasteiger partial charge in [0.1, 0.15) is 0 Å².